The van der Waals surface area contributed by atoms with Crippen molar-refractivity contribution in [1.82, 2.24) is 10.3 Å². The third-order valence-electron chi connectivity index (χ3n) is 5.01. The van der Waals surface area contributed by atoms with Gasteiger partial charge in [0.15, 0.2) is 5.13 Å². The maximum Gasteiger partial charge on any atom is 0.202 e. The molecule has 1 aromatic heterocycles. The van der Waals surface area contributed by atoms with E-state index in [0.717, 1.165) is 26.6 Å². The first-order chi connectivity index (χ1) is 13.7. The lowest BCUT2D eigenvalue weighted by Gasteiger charge is -2.34. The Labute approximate surface area is 165 Å². The van der Waals surface area contributed by atoms with Crippen LogP contribution in [0.5, 0.6) is 0 Å². The number of nitrogens with one attached hydrogen (secondary N) is 2. The molecule has 2 aliphatic rings. The summed E-state index contributed by atoms with van der Waals surface area (Å²) in [6, 6.07) is 13.7. The van der Waals surface area contributed by atoms with Crippen LogP contribution in [-0.2, 0) is 4.79 Å². The van der Waals surface area contributed by atoms with Crippen LogP contribution in [0.4, 0.5) is 9.52 Å². The molecule has 140 valence electrons. The zero-order valence-electron chi connectivity index (χ0n) is 14.9. The van der Waals surface area contributed by atoms with Crippen molar-refractivity contribution in [3.63, 3.8) is 0 Å². The van der Waals surface area contributed by atoms with E-state index in [1.165, 1.54) is 12.1 Å². The van der Waals surface area contributed by atoms with Crippen LogP contribution in [0.1, 0.15) is 24.4 Å². The van der Waals surface area contributed by atoms with E-state index in [4.69, 9.17) is 4.99 Å². The number of thiazole rings is 1. The van der Waals surface area contributed by atoms with E-state index in [1.54, 1.807) is 23.5 Å². The maximum atomic E-state index is 13.4. The van der Waals surface area contributed by atoms with Gasteiger partial charge in [-0.05, 0) is 36.2 Å². The predicted octanol–water partition coefficient (Wildman–Crippen LogP) is 4.41. The number of ketones is 1. The highest BCUT2D eigenvalue weighted by molar-refractivity contribution is 7.22. The van der Waals surface area contributed by atoms with Crippen molar-refractivity contribution in [2.45, 2.75) is 18.9 Å². The molecule has 0 fully saturated rings. The summed E-state index contributed by atoms with van der Waals surface area (Å²) in [6.07, 6.45) is 3.27. The quantitative estimate of drug-likeness (QED) is 0.678. The van der Waals surface area contributed by atoms with Crippen LogP contribution < -0.4 is 10.6 Å². The Balaban J connectivity index is 1.52. The molecule has 5 nitrogen and oxygen atoms in total. The minimum absolute atomic E-state index is 0.155. The zero-order valence-corrected chi connectivity index (χ0v) is 15.7. The number of aliphatic imine (C=N–C) groups is 1. The van der Waals surface area contributed by atoms with Crippen LogP contribution in [-0.4, -0.2) is 16.7 Å². The summed E-state index contributed by atoms with van der Waals surface area (Å²) in [6.45, 7) is 0. The molecule has 5 rings (SSSR count). The van der Waals surface area contributed by atoms with Crippen molar-refractivity contribution < 1.29 is 9.18 Å². The molecule has 1 aliphatic heterocycles. The second-order valence-electron chi connectivity index (χ2n) is 6.85. The molecule has 0 saturated heterocycles. The van der Waals surface area contributed by atoms with Crippen molar-refractivity contribution in [2.24, 2.45) is 10.9 Å². The predicted molar refractivity (Wildman–Crippen MR) is 109 cm³/mol. The summed E-state index contributed by atoms with van der Waals surface area (Å²) in [5, 5.41) is 7.24. The van der Waals surface area contributed by atoms with Gasteiger partial charge in [0.05, 0.1) is 22.2 Å². The van der Waals surface area contributed by atoms with E-state index in [1.807, 2.05) is 24.3 Å². The summed E-state index contributed by atoms with van der Waals surface area (Å²) in [5.41, 5.74) is 2.59. The number of carbonyl (C=O) groups is 1. The maximum absolute atomic E-state index is 13.4. The molecule has 7 heteroatoms. The Morgan fingerprint density at radius 1 is 1.14 bits per heavy atom. The highest BCUT2D eigenvalue weighted by atomic mass is 32.1. The number of benzene rings is 2. The fourth-order valence-corrected chi connectivity index (χ4v) is 4.57. The lowest BCUT2D eigenvalue weighted by atomic mass is 9.81. The standard InChI is InChI=1S/C21H17FN4OS/c22-13-10-8-12(9-11-13)19-18-15(5-3-6-16(18)27)23-20(25-19)26-21-24-14-4-1-2-7-17(14)28-21/h1-2,4-5,7-11,18-19H,3,6H2,(H2,23,24,25,26). The number of nitrogens with zero attached hydrogens (tertiary/aromatic N) is 2. The molecule has 0 spiro atoms. The monoisotopic (exact) mass is 392 g/mol. The van der Waals surface area contributed by atoms with Gasteiger partial charge in [-0.15, -0.1) is 0 Å². The number of fused-ring (bicyclic) bond motifs is 2. The number of hydrogen-bond donors (Lipinski definition) is 2. The molecule has 0 radical (unpaired) electrons. The highest BCUT2D eigenvalue weighted by Gasteiger charge is 2.38. The fourth-order valence-electron chi connectivity index (χ4n) is 3.70. The molecule has 2 aromatic carbocycles. The lowest BCUT2D eigenvalue weighted by Crippen LogP contribution is -2.43. The van der Waals surface area contributed by atoms with Crippen LogP contribution in [0.25, 0.3) is 10.2 Å². The first kappa shape index (κ1) is 17.1. The number of halogens is 1. The first-order valence-corrected chi connectivity index (χ1v) is 9.95. The number of rotatable bonds is 2. The average molecular weight is 392 g/mol. The number of aromatic nitrogens is 1. The van der Waals surface area contributed by atoms with Gasteiger partial charge in [-0.3, -0.25) is 4.79 Å². The third-order valence-corrected chi connectivity index (χ3v) is 5.97. The van der Waals surface area contributed by atoms with E-state index >= 15 is 0 Å². The second kappa shape index (κ2) is 6.83. The van der Waals surface area contributed by atoms with Gasteiger partial charge in [-0.25, -0.2) is 14.4 Å². The Morgan fingerprint density at radius 3 is 2.79 bits per heavy atom. The number of carbonyl (C=O) groups excluding carboxylic acids is 1. The molecule has 0 saturated carbocycles. The Hall–Kier alpha value is -3.06. The van der Waals surface area contributed by atoms with Gasteiger partial charge in [0.1, 0.15) is 11.6 Å². The van der Waals surface area contributed by atoms with Gasteiger partial charge >= 0.3 is 0 Å². The van der Waals surface area contributed by atoms with E-state index in [2.05, 4.69) is 21.7 Å². The van der Waals surface area contributed by atoms with Gasteiger partial charge in [0.2, 0.25) is 5.96 Å². The van der Waals surface area contributed by atoms with Crippen LogP contribution in [0, 0.1) is 11.7 Å². The highest BCUT2D eigenvalue weighted by Crippen LogP contribution is 2.38. The summed E-state index contributed by atoms with van der Waals surface area (Å²) in [5.74, 6) is 0.0352. The van der Waals surface area contributed by atoms with Crippen LogP contribution in [0.2, 0.25) is 0 Å². The lowest BCUT2D eigenvalue weighted by molar-refractivity contribution is -0.122. The second-order valence-corrected chi connectivity index (χ2v) is 7.88. The normalized spacial score (nSPS) is 21.5. The topological polar surface area (TPSA) is 66.4 Å². The summed E-state index contributed by atoms with van der Waals surface area (Å²) >= 11 is 1.54. The van der Waals surface area contributed by atoms with E-state index in [9.17, 15) is 9.18 Å². The average Bonchev–Trinajstić information content (AvgIpc) is 3.10. The van der Waals surface area contributed by atoms with Crippen molar-refractivity contribution in [3.05, 3.63) is 71.7 Å². The molecule has 1 aliphatic carbocycles. The molecule has 2 atom stereocenters. The number of hydrogen-bond acceptors (Lipinski definition) is 6. The molecule has 0 bridgehead atoms. The minimum atomic E-state index is -0.391. The summed E-state index contributed by atoms with van der Waals surface area (Å²) < 4.78 is 14.5. The van der Waals surface area contributed by atoms with Crippen molar-refractivity contribution in [3.8, 4) is 0 Å². The molecule has 0 amide bonds. The Kier molecular flexibility index (Phi) is 4.16. The first-order valence-electron chi connectivity index (χ1n) is 9.13. The Bertz CT molecular complexity index is 1090. The van der Waals surface area contributed by atoms with E-state index < -0.39 is 6.04 Å². The molecular formula is C21H17FN4OS. The van der Waals surface area contributed by atoms with Crippen LogP contribution in [0.3, 0.4) is 0 Å². The van der Waals surface area contributed by atoms with Crippen molar-refractivity contribution >= 4 is 38.4 Å². The van der Waals surface area contributed by atoms with Gasteiger partial charge < -0.3 is 10.6 Å². The molecule has 2 heterocycles. The van der Waals surface area contributed by atoms with E-state index in [-0.39, 0.29) is 17.5 Å². The van der Waals surface area contributed by atoms with Gasteiger partial charge in [0, 0.05) is 12.1 Å². The molecule has 2 unspecified atom stereocenters. The van der Waals surface area contributed by atoms with Gasteiger partial charge in [-0.1, -0.05) is 41.7 Å². The Morgan fingerprint density at radius 2 is 1.96 bits per heavy atom. The van der Waals surface area contributed by atoms with E-state index in [0.29, 0.717) is 18.8 Å². The number of allylic oxidation sites excluding steroid dienone is 1. The largest absolute Gasteiger partial charge is 0.329 e. The summed E-state index contributed by atoms with van der Waals surface area (Å²) in [4.78, 5) is 22.0. The molecule has 3 aromatic rings. The van der Waals surface area contributed by atoms with Crippen LogP contribution in [0.15, 0.2) is 65.3 Å². The number of guanidine groups is 1. The zero-order chi connectivity index (χ0) is 19.1. The van der Waals surface area contributed by atoms with Gasteiger partial charge in [-0.2, -0.15) is 0 Å². The molecular weight excluding hydrogens is 375 g/mol. The number of para-hydroxylation sites is 1. The fraction of sp³-hybridized carbons (Fsp3) is 0.190. The van der Waals surface area contributed by atoms with Gasteiger partial charge in [0.25, 0.3) is 0 Å². The molecule has 2 N–H and O–H groups in total. The number of Topliss-reactive ketones (excluding diaryl/α,β-unsaturated/α-hetero) is 1. The molecule has 28 heavy (non-hydrogen) atoms. The van der Waals surface area contributed by atoms with Crippen molar-refractivity contribution in [1.29, 1.82) is 0 Å². The number of anilines is 1. The SMILES string of the molecule is O=C1CCC=C2NC(Nc3nc4ccccc4s3)=NC(c3ccc(F)cc3)C12. The smallest absolute Gasteiger partial charge is 0.202 e. The third kappa shape index (κ3) is 3.07. The van der Waals surface area contributed by atoms with Crippen molar-refractivity contribution in [2.75, 3.05) is 5.32 Å². The summed E-state index contributed by atoms with van der Waals surface area (Å²) in [7, 11) is 0. The van der Waals surface area contributed by atoms with Crippen LogP contribution >= 0.6 is 11.3 Å². The minimum Gasteiger partial charge on any atom is -0.329 e.